The fourth-order valence-electron chi connectivity index (χ4n) is 2.67. The van der Waals surface area contributed by atoms with Crippen molar-refractivity contribution in [2.24, 2.45) is 11.3 Å². The van der Waals surface area contributed by atoms with Crippen molar-refractivity contribution in [3.05, 3.63) is 0 Å². The number of rotatable bonds is 4. The molecule has 0 radical (unpaired) electrons. The van der Waals surface area contributed by atoms with E-state index in [1.165, 1.54) is 6.42 Å². The fraction of sp³-hybridized carbons (Fsp3) is 0.933. The minimum atomic E-state index is -0.489. The van der Waals surface area contributed by atoms with E-state index in [0.717, 1.165) is 32.1 Å². The number of hydrogen-bond acceptors (Lipinski definition) is 2. The number of nitrogens with one attached hydrogen (secondary N) is 1. The Morgan fingerprint density at radius 2 is 1.83 bits per heavy atom. The van der Waals surface area contributed by atoms with Crippen LogP contribution in [0.5, 0.6) is 0 Å². The normalized spacial score (nSPS) is 21.4. The SMILES string of the molecule is CC(O)C(CC(C)(C)C)NC(=O)C1CCCCC1. The molecule has 106 valence electrons. The van der Waals surface area contributed by atoms with Crippen LogP contribution in [0.15, 0.2) is 0 Å². The Balaban J connectivity index is 2.51. The van der Waals surface area contributed by atoms with Crippen LogP contribution in [0.1, 0.15) is 66.2 Å². The average Bonchev–Trinajstić information content (AvgIpc) is 2.27. The average molecular weight is 255 g/mol. The lowest BCUT2D eigenvalue weighted by Crippen LogP contribution is -2.46. The van der Waals surface area contributed by atoms with Crippen molar-refractivity contribution < 1.29 is 9.90 Å². The van der Waals surface area contributed by atoms with Gasteiger partial charge in [-0.25, -0.2) is 0 Å². The summed E-state index contributed by atoms with van der Waals surface area (Å²) in [7, 11) is 0. The summed E-state index contributed by atoms with van der Waals surface area (Å²) in [6.07, 6.45) is 5.92. The van der Waals surface area contributed by atoms with Crippen LogP contribution in [0.25, 0.3) is 0 Å². The largest absolute Gasteiger partial charge is 0.391 e. The van der Waals surface area contributed by atoms with E-state index in [0.29, 0.717) is 0 Å². The van der Waals surface area contributed by atoms with Gasteiger partial charge in [0.05, 0.1) is 12.1 Å². The van der Waals surface area contributed by atoms with E-state index in [-0.39, 0.29) is 23.3 Å². The van der Waals surface area contributed by atoms with Gasteiger partial charge in [-0.1, -0.05) is 40.0 Å². The zero-order chi connectivity index (χ0) is 13.8. The summed E-state index contributed by atoms with van der Waals surface area (Å²) in [4.78, 5) is 12.2. The molecule has 0 aromatic carbocycles. The highest BCUT2D eigenvalue weighted by atomic mass is 16.3. The molecule has 1 rings (SSSR count). The van der Waals surface area contributed by atoms with Crippen molar-refractivity contribution >= 4 is 5.91 Å². The van der Waals surface area contributed by atoms with E-state index in [2.05, 4.69) is 26.1 Å². The van der Waals surface area contributed by atoms with Gasteiger partial charge in [0.2, 0.25) is 5.91 Å². The van der Waals surface area contributed by atoms with Crippen LogP contribution in [-0.2, 0) is 4.79 Å². The molecule has 2 atom stereocenters. The topological polar surface area (TPSA) is 49.3 Å². The molecule has 2 unspecified atom stereocenters. The second-order valence-corrected chi connectivity index (χ2v) is 6.96. The molecule has 1 fully saturated rings. The highest BCUT2D eigenvalue weighted by molar-refractivity contribution is 5.79. The van der Waals surface area contributed by atoms with Crippen LogP contribution >= 0.6 is 0 Å². The van der Waals surface area contributed by atoms with E-state index in [1.807, 2.05) is 0 Å². The molecule has 0 bridgehead atoms. The van der Waals surface area contributed by atoms with Crippen molar-refractivity contribution in [3.8, 4) is 0 Å². The van der Waals surface area contributed by atoms with Crippen molar-refractivity contribution in [2.45, 2.75) is 78.4 Å². The molecule has 0 aromatic heterocycles. The van der Waals surface area contributed by atoms with Gasteiger partial charge in [0, 0.05) is 5.92 Å². The molecule has 3 heteroatoms. The fourth-order valence-corrected chi connectivity index (χ4v) is 2.67. The first-order valence-corrected chi connectivity index (χ1v) is 7.28. The first-order valence-electron chi connectivity index (χ1n) is 7.28. The summed E-state index contributed by atoms with van der Waals surface area (Å²) in [5.41, 5.74) is 0.113. The molecule has 3 nitrogen and oxygen atoms in total. The Kier molecular flexibility index (Phi) is 5.64. The summed E-state index contributed by atoms with van der Waals surface area (Å²) < 4.78 is 0. The third-order valence-corrected chi connectivity index (χ3v) is 3.72. The molecule has 0 aliphatic heterocycles. The van der Waals surface area contributed by atoms with Gasteiger partial charge in [-0.3, -0.25) is 4.79 Å². The van der Waals surface area contributed by atoms with Crippen LogP contribution in [0.3, 0.4) is 0 Å². The smallest absolute Gasteiger partial charge is 0.223 e. The number of carbonyl (C=O) groups excluding carboxylic acids is 1. The predicted octanol–water partition coefficient (Wildman–Crippen LogP) is 2.87. The summed E-state index contributed by atoms with van der Waals surface area (Å²) in [6.45, 7) is 8.16. The standard InChI is InChI=1S/C15H29NO2/c1-11(17)13(10-15(2,3)4)16-14(18)12-8-6-5-7-9-12/h11-13,17H,5-10H2,1-4H3,(H,16,18). The van der Waals surface area contributed by atoms with Gasteiger partial charge in [-0.2, -0.15) is 0 Å². The molecular weight excluding hydrogens is 226 g/mol. The Labute approximate surface area is 111 Å². The third-order valence-electron chi connectivity index (χ3n) is 3.72. The van der Waals surface area contributed by atoms with Gasteiger partial charge in [-0.15, -0.1) is 0 Å². The second kappa shape index (κ2) is 6.55. The molecule has 1 aliphatic carbocycles. The summed E-state index contributed by atoms with van der Waals surface area (Å²) >= 11 is 0. The Morgan fingerprint density at radius 3 is 2.28 bits per heavy atom. The quantitative estimate of drug-likeness (QED) is 0.811. The number of aliphatic hydroxyl groups is 1. The maximum Gasteiger partial charge on any atom is 0.223 e. The van der Waals surface area contributed by atoms with Crippen molar-refractivity contribution in [1.82, 2.24) is 5.32 Å². The summed E-state index contributed by atoms with van der Waals surface area (Å²) in [6, 6.07) is -0.126. The van der Waals surface area contributed by atoms with Crippen molar-refractivity contribution in [2.75, 3.05) is 0 Å². The number of aliphatic hydroxyl groups excluding tert-OH is 1. The molecule has 1 aliphatic rings. The van der Waals surface area contributed by atoms with Gasteiger partial charge in [0.1, 0.15) is 0 Å². The van der Waals surface area contributed by atoms with E-state index < -0.39 is 6.10 Å². The second-order valence-electron chi connectivity index (χ2n) is 6.96. The first kappa shape index (κ1) is 15.5. The van der Waals surface area contributed by atoms with Crippen LogP contribution in [0, 0.1) is 11.3 Å². The lowest BCUT2D eigenvalue weighted by atomic mass is 9.85. The van der Waals surface area contributed by atoms with E-state index >= 15 is 0 Å². The molecule has 1 amide bonds. The Hall–Kier alpha value is -0.570. The molecule has 0 saturated heterocycles. The monoisotopic (exact) mass is 255 g/mol. The molecule has 0 heterocycles. The third kappa shape index (κ3) is 5.38. The van der Waals surface area contributed by atoms with Crippen LogP contribution in [0.2, 0.25) is 0 Å². The number of hydrogen-bond donors (Lipinski definition) is 2. The van der Waals surface area contributed by atoms with E-state index in [9.17, 15) is 9.90 Å². The summed E-state index contributed by atoms with van der Waals surface area (Å²) in [5.74, 6) is 0.310. The minimum absolute atomic E-state index is 0.113. The van der Waals surface area contributed by atoms with E-state index in [4.69, 9.17) is 0 Å². The van der Waals surface area contributed by atoms with Gasteiger partial charge in [0.25, 0.3) is 0 Å². The molecule has 1 saturated carbocycles. The summed E-state index contributed by atoms with van der Waals surface area (Å²) in [5, 5.41) is 12.9. The maximum atomic E-state index is 12.2. The van der Waals surface area contributed by atoms with E-state index in [1.54, 1.807) is 6.92 Å². The highest BCUT2D eigenvalue weighted by Crippen LogP contribution is 2.26. The number of carbonyl (C=O) groups is 1. The lowest BCUT2D eigenvalue weighted by Gasteiger charge is -2.31. The zero-order valence-corrected chi connectivity index (χ0v) is 12.3. The Morgan fingerprint density at radius 1 is 1.28 bits per heavy atom. The zero-order valence-electron chi connectivity index (χ0n) is 12.3. The maximum absolute atomic E-state index is 12.2. The Bertz CT molecular complexity index is 262. The number of amides is 1. The molecule has 2 N–H and O–H groups in total. The van der Waals surface area contributed by atoms with Gasteiger partial charge >= 0.3 is 0 Å². The van der Waals surface area contributed by atoms with Gasteiger partial charge in [0.15, 0.2) is 0 Å². The minimum Gasteiger partial charge on any atom is -0.391 e. The molecular formula is C15H29NO2. The lowest BCUT2D eigenvalue weighted by molar-refractivity contribution is -0.127. The predicted molar refractivity (Wildman–Crippen MR) is 74.3 cm³/mol. The van der Waals surface area contributed by atoms with Crippen LogP contribution in [-0.4, -0.2) is 23.2 Å². The van der Waals surface area contributed by atoms with Crippen molar-refractivity contribution in [1.29, 1.82) is 0 Å². The van der Waals surface area contributed by atoms with Crippen molar-refractivity contribution in [3.63, 3.8) is 0 Å². The highest BCUT2D eigenvalue weighted by Gasteiger charge is 2.27. The van der Waals surface area contributed by atoms with Crippen LogP contribution < -0.4 is 5.32 Å². The van der Waals surface area contributed by atoms with Crippen LogP contribution in [0.4, 0.5) is 0 Å². The molecule has 0 aromatic rings. The molecule has 0 spiro atoms. The molecule has 18 heavy (non-hydrogen) atoms. The van der Waals surface area contributed by atoms with Gasteiger partial charge in [-0.05, 0) is 31.6 Å². The van der Waals surface area contributed by atoms with Gasteiger partial charge < -0.3 is 10.4 Å². The first-order chi connectivity index (χ1) is 8.29.